The molecule has 0 unspecified atom stereocenters. The van der Waals surface area contributed by atoms with Crippen LogP contribution in [-0.4, -0.2) is 56.3 Å². The van der Waals surface area contributed by atoms with Crippen LogP contribution in [0.25, 0.3) is 10.9 Å². The Morgan fingerprint density at radius 1 is 1.26 bits per heavy atom. The van der Waals surface area contributed by atoms with Crippen LogP contribution in [0.4, 0.5) is 0 Å². The molecule has 0 saturated carbocycles. The second-order valence-electron chi connectivity index (χ2n) is 6.61. The van der Waals surface area contributed by atoms with Gasteiger partial charge in [-0.3, -0.25) is 0 Å². The summed E-state index contributed by atoms with van der Waals surface area (Å²) in [6, 6.07) is 5.94. The van der Waals surface area contributed by atoms with Gasteiger partial charge in [-0.25, -0.2) is 12.7 Å². The lowest BCUT2D eigenvalue weighted by Crippen LogP contribution is -2.29. The number of H-pyrrole nitrogens is 1. The summed E-state index contributed by atoms with van der Waals surface area (Å²) in [4.78, 5) is 5.43. The van der Waals surface area contributed by atoms with Gasteiger partial charge in [0.2, 0.25) is 10.0 Å². The van der Waals surface area contributed by atoms with Crippen LogP contribution < -0.4 is 0 Å². The van der Waals surface area contributed by atoms with Gasteiger partial charge in [-0.15, -0.1) is 0 Å². The molecule has 3 rings (SSSR count). The first-order chi connectivity index (χ1) is 11.0. The van der Waals surface area contributed by atoms with Gasteiger partial charge in [0, 0.05) is 38.2 Å². The summed E-state index contributed by atoms with van der Waals surface area (Å²) in [5, 5.41) is 1.14. The van der Waals surface area contributed by atoms with E-state index in [1.165, 1.54) is 5.56 Å². The number of benzene rings is 1. The molecule has 0 spiro atoms. The summed E-state index contributed by atoms with van der Waals surface area (Å²) < 4.78 is 26.6. The van der Waals surface area contributed by atoms with E-state index in [1.54, 1.807) is 4.31 Å². The van der Waals surface area contributed by atoms with E-state index >= 15 is 0 Å². The molecule has 1 saturated heterocycles. The minimum Gasteiger partial charge on any atom is -0.361 e. The number of fused-ring (bicyclic) bond motifs is 1. The lowest BCUT2D eigenvalue weighted by atomic mass is 10.1. The maximum atomic E-state index is 12.5. The number of aromatic nitrogens is 1. The molecule has 2 heterocycles. The largest absolute Gasteiger partial charge is 0.361 e. The van der Waals surface area contributed by atoms with Crippen molar-refractivity contribution in [2.75, 3.05) is 33.7 Å². The highest BCUT2D eigenvalue weighted by atomic mass is 32.2. The molecule has 6 heteroatoms. The molecule has 0 atom stereocenters. The molecule has 23 heavy (non-hydrogen) atoms. The highest BCUT2D eigenvalue weighted by Crippen LogP contribution is 2.23. The van der Waals surface area contributed by atoms with Crippen molar-refractivity contribution >= 4 is 20.9 Å². The van der Waals surface area contributed by atoms with Gasteiger partial charge in [-0.1, -0.05) is 6.07 Å². The first-order valence-electron chi connectivity index (χ1n) is 8.17. The zero-order chi connectivity index (χ0) is 16.4. The van der Waals surface area contributed by atoms with Crippen molar-refractivity contribution in [3.05, 3.63) is 35.5 Å². The normalized spacial score (nSPS) is 16.7. The molecule has 1 N–H and O–H groups in total. The van der Waals surface area contributed by atoms with Gasteiger partial charge in [0.1, 0.15) is 0 Å². The van der Waals surface area contributed by atoms with E-state index in [2.05, 4.69) is 24.0 Å². The molecule has 5 nitrogen and oxygen atoms in total. The molecular formula is C17H27N3O2S. The maximum Gasteiger partial charge on any atom is 0.218 e. The van der Waals surface area contributed by atoms with E-state index in [1.807, 2.05) is 24.4 Å². The van der Waals surface area contributed by atoms with Crippen molar-refractivity contribution < 1.29 is 9.84 Å². The second-order valence-corrected chi connectivity index (χ2v) is 8.58. The zero-order valence-electron chi connectivity index (χ0n) is 13.9. The lowest BCUT2D eigenvalue weighted by molar-refractivity contribution is 0.414. The van der Waals surface area contributed by atoms with Gasteiger partial charge in [-0.2, -0.15) is 0 Å². The Kier molecular flexibility index (Phi) is 4.75. The Balaban J connectivity index is 0.00000208. The van der Waals surface area contributed by atoms with Crippen LogP contribution in [0.15, 0.2) is 24.4 Å². The van der Waals surface area contributed by atoms with Crippen LogP contribution >= 0.6 is 0 Å². The van der Waals surface area contributed by atoms with E-state index in [4.69, 9.17) is 0 Å². The van der Waals surface area contributed by atoms with E-state index in [9.17, 15) is 8.42 Å². The Morgan fingerprint density at radius 2 is 2.00 bits per heavy atom. The van der Waals surface area contributed by atoms with Crippen LogP contribution in [0.3, 0.4) is 0 Å². The summed E-state index contributed by atoms with van der Waals surface area (Å²) in [6.07, 6.45) is 4.94. The van der Waals surface area contributed by atoms with Gasteiger partial charge < -0.3 is 9.88 Å². The van der Waals surface area contributed by atoms with Crippen molar-refractivity contribution in [2.45, 2.75) is 25.0 Å². The van der Waals surface area contributed by atoms with Crippen LogP contribution in [0.1, 0.15) is 25.4 Å². The third kappa shape index (κ3) is 3.76. The van der Waals surface area contributed by atoms with E-state index in [0.29, 0.717) is 13.1 Å². The summed E-state index contributed by atoms with van der Waals surface area (Å²) in [5.74, 6) is 0.0985. The van der Waals surface area contributed by atoms with Gasteiger partial charge in [0.15, 0.2) is 0 Å². The molecule has 0 aliphatic carbocycles. The van der Waals surface area contributed by atoms with Crippen LogP contribution in [0, 0.1) is 0 Å². The summed E-state index contributed by atoms with van der Waals surface area (Å²) in [7, 11) is 0.928. The number of likely N-dealkylation sites (N-methyl/N-ethyl adjacent to an activating group) is 1. The molecule has 1 aliphatic heterocycles. The number of aromatic amines is 1. The number of sulfonamides is 1. The first-order valence-corrected chi connectivity index (χ1v) is 9.78. The molecule has 0 amide bonds. The quantitative estimate of drug-likeness (QED) is 0.881. The highest BCUT2D eigenvalue weighted by molar-refractivity contribution is 7.88. The minimum absolute atomic E-state index is 0. The number of hydrogen-bond donors (Lipinski definition) is 1. The lowest BCUT2D eigenvalue weighted by Gasteiger charge is -2.15. The summed E-state index contributed by atoms with van der Waals surface area (Å²) in [6.45, 7) is 2.31. The molecule has 1 aliphatic rings. The Hall–Kier alpha value is -1.37. The topological polar surface area (TPSA) is 56.4 Å². The molecule has 1 aromatic heterocycles. The van der Waals surface area contributed by atoms with Crippen molar-refractivity contribution in [1.29, 1.82) is 0 Å². The predicted molar refractivity (Wildman–Crippen MR) is 96.1 cm³/mol. The molecule has 0 bridgehead atoms. The smallest absolute Gasteiger partial charge is 0.218 e. The predicted octanol–water partition coefficient (Wildman–Crippen LogP) is 2.44. The maximum absolute atomic E-state index is 12.5. The first kappa shape index (κ1) is 16.5. The number of rotatable bonds is 6. The van der Waals surface area contributed by atoms with Crippen LogP contribution in [0.2, 0.25) is 0 Å². The summed E-state index contributed by atoms with van der Waals surface area (Å²) in [5.41, 5.74) is 3.19. The van der Waals surface area contributed by atoms with E-state index in [0.717, 1.165) is 42.3 Å². The number of hydrogen-bond acceptors (Lipinski definition) is 3. The van der Waals surface area contributed by atoms with Crippen molar-refractivity contribution in [3.63, 3.8) is 0 Å². The summed E-state index contributed by atoms with van der Waals surface area (Å²) >= 11 is 0. The van der Waals surface area contributed by atoms with Crippen molar-refractivity contribution in [3.8, 4) is 0 Å². The molecule has 2 aromatic rings. The van der Waals surface area contributed by atoms with Gasteiger partial charge >= 0.3 is 0 Å². The molecule has 1 fully saturated rings. The van der Waals surface area contributed by atoms with Crippen molar-refractivity contribution in [1.82, 2.24) is 14.2 Å². The Labute approximate surface area is 139 Å². The fraction of sp³-hybridized carbons (Fsp3) is 0.529. The minimum atomic E-state index is -3.19. The molecule has 1 aromatic carbocycles. The van der Waals surface area contributed by atoms with Gasteiger partial charge in [-0.05, 0) is 56.6 Å². The number of nitrogens with one attached hydrogen (secondary N) is 1. The van der Waals surface area contributed by atoms with Gasteiger partial charge in [0.05, 0.1) is 5.75 Å². The zero-order valence-corrected chi connectivity index (χ0v) is 14.7. The molecule has 128 valence electrons. The Morgan fingerprint density at radius 3 is 2.70 bits per heavy atom. The highest BCUT2D eigenvalue weighted by Gasteiger charge is 2.25. The third-order valence-corrected chi connectivity index (χ3v) is 6.32. The van der Waals surface area contributed by atoms with E-state index in [-0.39, 0.29) is 7.18 Å². The SMILES string of the molecule is CN(C)CCc1c[nH]c2ccc(CS(=O)(=O)N3CCCC3)cc12.[HH]. The number of nitrogens with zero attached hydrogens (tertiary/aromatic N) is 2. The average molecular weight is 337 g/mol. The fourth-order valence-electron chi connectivity index (χ4n) is 3.13. The van der Waals surface area contributed by atoms with Crippen LogP contribution in [-0.2, 0) is 22.2 Å². The van der Waals surface area contributed by atoms with Crippen molar-refractivity contribution in [2.24, 2.45) is 0 Å². The molecular weight excluding hydrogens is 310 g/mol. The Bertz CT molecular complexity index is 780. The standard InChI is InChI=1S/C17H25N3O2S.H2/c1-19(2)10-7-15-12-18-17-6-5-14(11-16(15)17)13-23(21,22)20-8-3-4-9-20;/h5-6,11-12,18H,3-4,7-10,13H2,1-2H3;1H. The molecule has 0 radical (unpaired) electrons. The third-order valence-electron chi connectivity index (χ3n) is 4.47. The average Bonchev–Trinajstić information content (AvgIpc) is 3.14. The second kappa shape index (κ2) is 6.63. The van der Waals surface area contributed by atoms with E-state index < -0.39 is 10.0 Å². The fourth-order valence-corrected chi connectivity index (χ4v) is 4.73. The van der Waals surface area contributed by atoms with Gasteiger partial charge in [0.25, 0.3) is 0 Å². The van der Waals surface area contributed by atoms with Crippen LogP contribution in [0.5, 0.6) is 0 Å². The monoisotopic (exact) mass is 337 g/mol.